The molecule has 0 aliphatic rings. The molecular formula is C14H12F2N2O2. The Bertz CT molecular complexity index is 692. The number of halogens is 2. The topological polar surface area (TPSA) is 52.0 Å². The second-order valence-electron chi connectivity index (χ2n) is 4.43. The Morgan fingerprint density at radius 2 is 1.85 bits per heavy atom. The highest BCUT2D eigenvalue weighted by atomic mass is 19.2. The van der Waals surface area contributed by atoms with Gasteiger partial charge in [0.15, 0.2) is 23.2 Å². The standard InChI is InChI=1S/C14H12F2N2O2/c1-8-10(7-18(2)17-8)13(20)6-12(19)9-4-3-5-11(15)14(9)16/h3-5,7H,6H2,1-2H3. The summed E-state index contributed by atoms with van der Waals surface area (Å²) in [6.45, 7) is 1.64. The number of benzene rings is 1. The van der Waals surface area contributed by atoms with Crippen LogP contribution in [0.3, 0.4) is 0 Å². The predicted molar refractivity (Wildman–Crippen MR) is 67.6 cm³/mol. The molecular weight excluding hydrogens is 266 g/mol. The van der Waals surface area contributed by atoms with E-state index in [9.17, 15) is 18.4 Å². The Balaban J connectivity index is 2.22. The summed E-state index contributed by atoms with van der Waals surface area (Å²) in [6, 6.07) is 3.30. The zero-order valence-corrected chi connectivity index (χ0v) is 11.0. The fraction of sp³-hybridized carbons (Fsp3) is 0.214. The van der Waals surface area contributed by atoms with Crippen LogP contribution < -0.4 is 0 Å². The molecule has 0 fully saturated rings. The average Bonchev–Trinajstić information content (AvgIpc) is 2.71. The fourth-order valence-corrected chi connectivity index (χ4v) is 1.93. The Hall–Kier alpha value is -2.37. The molecule has 0 unspecified atom stereocenters. The van der Waals surface area contributed by atoms with Crippen LogP contribution in [0.1, 0.15) is 32.8 Å². The van der Waals surface area contributed by atoms with Crippen molar-refractivity contribution in [2.75, 3.05) is 0 Å². The molecule has 0 saturated heterocycles. The number of rotatable bonds is 4. The third kappa shape index (κ3) is 2.64. The Morgan fingerprint density at radius 1 is 1.20 bits per heavy atom. The molecule has 0 radical (unpaired) electrons. The maximum Gasteiger partial charge on any atom is 0.174 e. The van der Waals surface area contributed by atoms with Crippen molar-refractivity contribution in [3.8, 4) is 0 Å². The third-order valence-corrected chi connectivity index (χ3v) is 2.89. The van der Waals surface area contributed by atoms with Gasteiger partial charge in [-0.05, 0) is 19.1 Å². The summed E-state index contributed by atoms with van der Waals surface area (Å²) in [4.78, 5) is 23.8. The number of hydrogen-bond acceptors (Lipinski definition) is 3. The summed E-state index contributed by atoms with van der Waals surface area (Å²) in [5.41, 5.74) is 0.377. The Labute approximate surface area is 114 Å². The minimum absolute atomic E-state index is 0.303. The van der Waals surface area contributed by atoms with Crippen LogP contribution in [0.25, 0.3) is 0 Å². The van der Waals surface area contributed by atoms with E-state index < -0.39 is 35.2 Å². The number of aryl methyl sites for hydroxylation is 2. The van der Waals surface area contributed by atoms with Crippen molar-refractivity contribution < 1.29 is 18.4 Å². The monoisotopic (exact) mass is 278 g/mol. The first kappa shape index (κ1) is 14.0. The number of ketones is 2. The van der Waals surface area contributed by atoms with Gasteiger partial charge in [-0.25, -0.2) is 8.78 Å². The quantitative estimate of drug-likeness (QED) is 0.637. The first-order valence-corrected chi connectivity index (χ1v) is 5.91. The summed E-state index contributed by atoms with van der Waals surface area (Å²) in [5.74, 6) is -3.56. The summed E-state index contributed by atoms with van der Waals surface area (Å²) in [7, 11) is 1.65. The van der Waals surface area contributed by atoms with Crippen LogP contribution in [-0.4, -0.2) is 21.3 Å². The van der Waals surface area contributed by atoms with Gasteiger partial charge in [-0.2, -0.15) is 5.10 Å². The van der Waals surface area contributed by atoms with E-state index >= 15 is 0 Å². The van der Waals surface area contributed by atoms with Gasteiger partial charge in [-0.15, -0.1) is 0 Å². The second kappa shape index (κ2) is 5.32. The maximum atomic E-state index is 13.5. The molecule has 4 nitrogen and oxygen atoms in total. The lowest BCUT2D eigenvalue weighted by molar-refractivity contribution is 0.0891. The molecule has 20 heavy (non-hydrogen) atoms. The van der Waals surface area contributed by atoms with Crippen LogP contribution in [-0.2, 0) is 7.05 Å². The minimum atomic E-state index is -1.23. The Morgan fingerprint density at radius 3 is 2.45 bits per heavy atom. The van der Waals surface area contributed by atoms with Crippen molar-refractivity contribution in [3.05, 3.63) is 52.9 Å². The summed E-state index contributed by atoms with van der Waals surface area (Å²) in [5, 5.41) is 3.99. The van der Waals surface area contributed by atoms with E-state index in [1.807, 2.05) is 0 Å². The molecule has 2 aromatic rings. The first-order chi connectivity index (χ1) is 9.40. The lowest BCUT2D eigenvalue weighted by atomic mass is 10.0. The number of carbonyl (C=O) groups is 2. The van der Waals surface area contributed by atoms with Crippen LogP contribution in [0.2, 0.25) is 0 Å². The molecule has 104 valence electrons. The average molecular weight is 278 g/mol. The second-order valence-corrected chi connectivity index (χ2v) is 4.43. The number of Topliss-reactive ketones (excluding diaryl/α,β-unsaturated/α-hetero) is 2. The van der Waals surface area contributed by atoms with Crippen molar-refractivity contribution in [3.63, 3.8) is 0 Å². The van der Waals surface area contributed by atoms with E-state index in [1.165, 1.54) is 16.9 Å². The molecule has 0 aliphatic carbocycles. The van der Waals surface area contributed by atoms with Crippen molar-refractivity contribution in [2.45, 2.75) is 13.3 Å². The summed E-state index contributed by atoms with van der Waals surface area (Å²) < 4.78 is 28.0. The number of nitrogens with zero attached hydrogens (tertiary/aromatic N) is 2. The normalized spacial score (nSPS) is 10.6. The predicted octanol–water partition coefficient (Wildman–Crippen LogP) is 2.46. The largest absolute Gasteiger partial charge is 0.294 e. The highest BCUT2D eigenvalue weighted by Crippen LogP contribution is 2.16. The van der Waals surface area contributed by atoms with Gasteiger partial charge in [0.2, 0.25) is 0 Å². The molecule has 0 atom stereocenters. The van der Waals surface area contributed by atoms with E-state index in [1.54, 1.807) is 14.0 Å². The maximum absolute atomic E-state index is 13.5. The van der Waals surface area contributed by atoms with E-state index in [-0.39, 0.29) is 0 Å². The van der Waals surface area contributed by atoms with Crippen molar-refractivity contribution in [1.29, 1.82) is 0 Å². The lowest BCUT2D eigenvalue weighted by Crippen LogP contribution is -2.11. The highest BCUT2D eigenvalue weighted by molar-refractivity contribution is 6.13. The van der Waals surface area contributed by atoms with Gasteiger partial charge < -0.3 is 0 Å². The smallest absolute Gasteiger partial charge is 0.174 e. The van der Waals surface area contributed by atoms with Crippen molar-refractivity contribution in [1.82, 2.24) is 9.78 Å². The van der Waals surface area contributed by atoms with Crippen molar-refractivity contribution >= 4 is 11.6 Å². The summed E-state index contributed by atoms with van der Waals surface area (Å²) >= 11 is 0. The molecule has 1 aromatic heterocycles. The number of hydrogen-bond donors (Lipinski definition) is 0. The van der Waals surface area contributed by atoms with Gasteiger partial charge in [-0.1, -0.05) is 6.07 Å². The molecule has 0 bridgehead atoms. The van der Waals surface area contributed by atoms with Crippen molar-refractivity contribution in [2.24, 2.45) is 7.05 Å². The van der Waals surface area contributed by atoms with Crippen LogP contribution in [0.5, 0.6) is 0 Å². The van der Waals surface area contributed by atoms with E-state index in [4.69, 9.17) is 0 Å². The number of aromatic nitrogens is 2. The molecule has 0 aliphatic heterocycles. The van der Waals surface area contributed by atoms with Gasteiger partial charge in [0.25, 0.3) is 0 Å². The molecule has 1 aromatic carbocycles. The molecule has 0 spiro atoms. The SMILES string of the molecule is Cc1nn(C)cc1C(=O)CC(=O)c1cccc(F)c1F. The van der Waals surface area contributed by atoms with Crippen LogP contribution in [0, 0.1) is 18.6 Å². The van der Waals surface area contributed by atoms with Crippen LogP contribution in [0.4, 0.5) is 8.78 Å². The summed E-state index contributed by atoms with van der Waals surface area (Å²) in [6.07, 6.45) is 0.972. The van der Waals surface area contributed by atoms with Gasteiger partial charge in [0.05, 0.1) is 23.2 Å². The van der Waals surface area contributed by atoms with E-state index in [2.05, 4.69) is 5.10 Å². The molecule has 1 heterocycles. The number of carbonyl (C=O) groups excluding carboxylic acids is 2. The molecule has 2 rings (SSSR count). The van der Waals surface area contributed by atoms with Gasteiger partial charge in [0.1, 0.15) is 0 Å². The lowest BCUT2D eigenvalue weighted by Gasteiger charge is -2.02. The first-order valence-electron chi connectivity index (χ1n) is 5.91. The van der Waals surface area contributed by atoms with Crippen LogP contribution >= 0.6 is 0 Å². The third-order valence-electron chi connectivity index (χ3n) is 2.89. The van der Waals surface area contributed by atoms with E-state index in [0.717, 1.165) is 12.1 Å². The highest BCUT2D eigenvalue weighted by Gasteiger charge is 2.20. The zero-order valence-electron chi connectivity index (χ0n) is 11.0. The van der Waals surface area contributed by atoms with Gasteiger partial charge in [-0.3, -0.25) is 14.3 Å². The minimum Gasteiger partial charge on any atom is -0.294 e. The molecule has 0 N–H and O–H groups in total. The molecule has 6 heteroatoms. The van der Waals surface area contributed by atoms with Gasteiger partial charge >= 0.3 is 0 Å². The van der Waals surface area contributed by atoms with Gasteiger partial charge in [0, 0.05) is 13.2 Å². The van der Waals surface area contributed by atoms with Crippen LogP contribution in [0.15, 0.2) is 24.4 Å². The molecule has 0 amide bonds. The fourth-order valence-electron chi connectivity index (χ4n) is 1.93. The Kier molecular flexibility index (Phi) is 3.74. The zero-order chi connectivity index (χ0) is 14.9. The van der Waals surface area contributed by atoms with E-state index in [0.29, 0.717) is 11.3 Å². The molecule has 0 saturated carbocycles.